The molecular formula is C31H42N8O4. The third-order valence-electron chi connectivity index (χ3n) is 8.03. The van der Waals surface area contributed by atoms with Crippen molar-refractivity contribution in [2.24, 2.45) is 17.4 Å². The largest absolute Gasteiger partial charge is 0.491 e. The first kappa shape index (κ1) is 31.5. The summed E-state index contributed by atoms with van der Waals surface area (Å²) in [4.78, 5) is 41.7. The van der Waals surface area contributed by atoms with Crippen LogP contribution in [0.2, 0.25) is 0 Å². The van der Waals surface area contributed by atoms with Crippen LogP contribution < -0.4 is 32.2 Å². The number of amides is 3. The minimum Gasteiger partial charge on any atom is -0.491 e. The fourth-order valence-electron chi connectivity index (χ4n) is 5.17. The molecule has 3 atom stereocenters. The molecule has 2 aromatic carbocycles. The molecule has 12 heteroatoms. The van der Waals surface area contributed by atoms with Crippen LogP contribution in [0.15, 0.2) is 42.5 Å². The first-order chi connectivity index (χ1) is 20.6. The van der Waals surface area contributed by atoms with Gasteiger partial charge < -0.3 is 37.1 Å². The number of nitrogens with zero attached hydrogens (tertiary/aromatic N) is 1. The van der Waals surface area contributed by atoms with E-state index in [2.05, 4.69) is 16.0 Å². The number of amidine groups is 2. The number of carbonyl (C=O) groups is 3. The van der Waals surface area contributed by atoms with Gasteiger partial charge in [0.25, 0.3) is 0 Å². The molecule has 9 N–H and O–H groups in total. The van der Waals surface area contributed by atoms with Gasteiger partial charge in [-0.2, -0.15) is 0 Å². The lowest BCUT2D eigenvalue weighted by Gasteiger charge is -2.30. The molecular weight excluding hydrogens is 548 g/mol. The number of hydrogen-bond donors (Lipinski definition) is 7. The second-order valence-electron chi connectivity index (χ2n) is 11.2. The summed E-state index contributed by atoms with van der Waals surface area (Å²) in [6.07, 6.45) is 3.21. The lowest BCUT2D eigenvalue weighted by molar-refractivity contribution is -0.141. The van der Waals surface area contributed by atoms with Crippen LogP contribution in [0.5, 0.6) is 5.75 Å². The highest BCUT2D eigenvalue weighted by molar-refractivity contribution is 5.98. The molecule has 43 heavy (non-hydrogen) atoms. The van der Waals surface area contributed by atoms with Crippen molar-refractivity contribution in [3.63, 3.8) is 0 Å². The monoisotopic (exact) mass is 590 g/mol. The first-order valence-electron chi connectivity index (χ1n) is 14.7. The number of benzene rings is 2. The Bertz CT molecular complexity index is 1360. The van der Waals surface area contributed by atoms with E-state index in [0.717, 1.165) is 24.0 Å². The number of ether oxygens (including phenoxy) is 1. The highest BCUT2D eigenvalue weighted by Crippen LogP contribution is 2.33. The predicted molar refractivity (Wildman–Crippen MR) is 164 cm³/mol. The van der Waals surface area contributed by atoms with E-state index in [0.29, 0.717) is 42.8 Å². The third kappa shape index (κ3) is 8.10. The molecule has 12 nitrogen and oxygen atoms in total. The Morgan fingerprint density at radius 1 is 1.00 bits per heavy atom. The van der Waals surface area contributed by atoms with Crippen molar-refractivity contribution in [2.75, 3.05) is 26.7 Å². The molecule has 3 amide bonds. The van der Waals surface area contributed by atoms with Crippen LogP contribution in [0.25, 0.3) is 0 Å². The Morgan fingerprint density at radius 3 is 2.37 bits per heavy atom. The predicted octanol–water partition coefficient (Wildman–Crippen LogP) is 0.639. The number of hydrogen-bond acceptors (Lipinski definition) is 7. The number of rotatable bonds is 5. The molecule has 1 saturated carbocycles. The maximum atomic E-state index is 13.5. The van der Waals surface area contributed by atoms with Gasteiger partial charge in [-0.05, 0) is 55.7 Å². The second-order valence-corrected chi connectivity index (χ2v) is 11.2. The zero-order valence-electron chi connectivity index (χ0n) is 24.7. The molecule has 0 spiro atoms. The van der Waals surface area contributed by atoms with E-state index in [9.17, 15) is 14.4 Å². The topological polar surface area (TPSA) is 200 Å². The summed E-state index contributed by atoms with van der Waals surface area (Å²) in [5.74, 6) is -0.430. The van der Waals surface area contributed by atoms with Gasteiger partial charge in [0.15, 0.2) is 0 Å². The van der Waals surface area contributed by atoms with Gasteiger partial charge in [0.05, 0.1) is 11.6 Å². The van der Waals surface area contributed by atoms with E-state index in [1.807, 2.05) is 12.1 Å². The molecule has 2 aliphatic rings. The minimum absolute atomic E-state index is 0.0586. The molecule has 1 heterocycles. The molecule has 0 bridgehead atoms. The maximum absolute atomic E-state index is 13.5. The number of nitrogens with two attached hydrogens (primary N) is 2. The molecule has 1 fully saturated rings. The Morgan fingerprint density at radius 2 is 1.72 bits per heavy atom. The molecule has 2 aromatic rings. The number of likely N-dealkylation sites (N-methyl/N-ethyl adjacent to an activating group) is 1. The number of para-hydroxylation sites is 1. The van der Waals surface area contributed by atoms with Gasteiger partial charge in [0.2, 0.25) is 17.7 Å². The Hall–Kier alpha value is -4.45. The number of nitrogens with one attached hydrogen (secondary N) is 5. The Balaban J connectivity index is 1.59. The molecule has 1 aliphatic carbocycles. The zero-order valence-corrected chi connectivity index (χ0v) is 24.7. The average molecular weight is 591 g/mol. The SMILES string of the molecule is C[C@@H]1C(=O)N[C@H](Cc2ccc(C(=N)N)cc2)C(=O)NCCCc2cccc(C(=N)N)c2OCCN[C@@H](C2CC2)C(=O)N1C. The lowest BCUT2D eigenvalue weighted by atomic mass is 10.0. The third-order valence-corrected chi connectivity index (χ3v) is 8.03. The van der Waals surface area contributed by atoms with Gasteiger partial charge >= 0.3 is 0 Å². The van der Waals surface area contributed by atoms with Gasteiger partial charge in [-0.15, -0.1) is 0 Å². The maximum Gasteiger partial charge on any atom is 0.243 e. The van der Waals surface area contributed by atoms with E-state index >= 15 is 0 Å². The Kier molecular flexibility index (Phi) is 10.4. The summed E-state index contributed by atoms with van der Waals surface area (Å²) in [6.45, 7) is 2.65. The van der Waals surface area contributed by atoms with Crippen molar-refractivity contribution in [1.29, 1.82) is 10.8 Å². The van der Waals surface area contributed by atoms with Crippen molar-refractivity contribution in [2.45, 2.75) is 57.2 Å². The number of nitrogen functional groups attached to an aromatic ring is 2. The quantitative estimate of drug-likeness (QED) is 0.196. The van der Waals surface area contributed by atoms with Crippen LogP contribution in [-0.2, 0) is 27.2 Å². The molecule has 0 unspecified atom stereocenters. The average Bonchev–Trinajstić information content (AvgIpc) is 3.83. The van der Waals surface area contributed by atoms with Crippen molar-refractivity contribution in [3.8, 4) is 5.75 Å². The summed E-state index contributed by atoms with van der Waals surface area (Å²) in [5.41, 5.74) is 14.1. The van der Waals surface area contributed by atoms with Crippen LogP contribution in [0, 0.1) is 16.7 Å². The van der Waals surface area contributed by atoms with E-state index in [1.165, 1.54) is 4.90 Å². The van der Waals surface area contributed by atoms with Crippen LogP contribution in [0.1, 0.15) is 48.4 Å². The number of aryl methyl sites for hydroxylation is 1. The molecule has 230 valence electrons. The van der Waals surface area contributed by atoms with Gasteiger partial charge in [-0.3, -0.25) is 25.2 Å². The van der Waals surface area contributed by atoms with Crippen molar-refractivity contribution >= 4 is 29.4 Å². The highest BCUT2D eigenvalue weighted by atomic mass is 16.5. The molecule has 0 aromatic heterocycles. The Labute approximate surface area is 251 Å². The lowest BCUT2D eigenvalue weighted by Crippen LogP contribution is -2.56. The minimum atomic E-state index is -0.891. The molecule has 0 radical (unpaired) electrons. The first-order valence-corrected chi connectivity index (χ1v) is 14.7. The van der Waals surface area contributed by atoms with E-state index < -0.39 is 24.0 Å². The number of carbonyl (C=O) groups excluding carboxylic acids is 3. The van der Waals surface area contributed by atoms with E-state index in [1.54, 1.807) is 44.3 Å². The van der Waals surface area contributed by atoms with Gasteiger partial charge in [-0.25, -0.2) is 0 Å². The van der Waals surface area contributed by atoms with Gasteiger partial charge in [-0.1, -0.05) is 36.4 Å². The van der Waals surface area contributed by atoms with Crippen molar-refractivity contribution in [3.05, 3.63) is 64.7 Å². The summed E-state index contributed by atoms with van der Waals surface area (Å²) >= 11 is 0. The second kappa shape index (κ2) is 14.1. The summed E-state index contributed by atoms with van der Waals surface area (Å²) < 4.78 is 6.12. The standard InChI is InChI=1S/C31H42N8O4/c1-18-29(40)38-24(17-19-8-10-22(11-9-19)27(32)33)30(41)37-14-4-6-21-5-3-7-23(28(34)35)26(21)43-16-15-36-25(20-12-13-20)31(42)39(18)2/h3,5,7-11,18,20,24-25,36H,4,6,12-17H2,1-2H3,(H3,32,33)(H3,34,35)(H,37,41)(H,38,40)/t18-,24-,25+/m1/s1. The zero-order chi connectivity index (χ0) is 31.1. The van der Waals surface area contributed by atoms with E-state index in [-0.39, 0.29) is 42.4 Å². The van der Waals surface area contributed by atoms with Crippen LogP contribution >= 0.6 is 0 Å². The van der Waals surface area contributed by atoms with Crippen LogP contribution in [-0.4, -0.2) is 79.2 Å². The summed E-state index contributed by atoms with van der Waals surface area (Å²) in [7, 11) is 1.60. The van der Waals surface area contributed by atoms with Crippen LogP contribution in [0.4, 0.5) is 0 Å². The number of fused-ring (bicyclic) bond motifs is 1. The molecule has 4 rings (SSSR count). The van der Waals surface area contributed by atoms with Crippen molar-refractivity contribution in [1.82, 2.24) is 20.9 Å². The van der Waals surface area contributed by atoms with Gasteiger partial charge in [0, 0.05) is 32.1 Å². The summed E-state index contributed by atoms with van der Waals surface area (Å²) in [5, 5.41) is 24.8. The summed E-state index contributed by atoms with van der Waals surface area (Å²) in [6, 6.07) is 10.3. The molecule has 0 saturated heterocycles. The van der Waals surface area contributed by atoms with Gasteiger partial charge in [0.1, 0.15) is 36.1 Å². The van der Waals surface area contributed by atoms with E-state index in [4.69, 9.17) is 27.0 Å². The van der Waals surface area contributed by atoms with Crippen LogP contribution in [0.3, 0.4) is 0 Å². The fourth-order valence-corrected chi connectivity index (χ4v) is 5.17. The normalized spacial score (nSPS) is 22.7. The smallest absolute Gasteiger partial charge is 0.243 e. The fraction of sp³-hybridized carbons (Fsp3) is 0.452. The molecule has 1 aliphatic heterocycles. The van der Waals surface area contributed by atoms with Crippen molar-refractivity contribution < 1.29 is 19.1 Å². The highest BCUT2D eigenvalue weighted by Gasteiger charge is 2.39.